The van der Waals surface area contributed by atoms with E-state index in [0.717, 1.165) is 135 Å². The summed E-state index contributed by atoms with van der Waals surface area (Å²) in [5.41, 5.74) is 0. The minimum absolute atomic E-state index is 0.0665. The third-order valence-electron chi connectivity index (χ3n) is 16.5. The molecular formula is C81H142O17P2. The van der Waals surface area contributed by atoms with E-state index in [1.165, 1.54) is 116 Å². The Morgan fingerprint density at radius 3 is 0.880 bits per heavy atom. The summed E-state index contributed by atoms with van der Waals surface area (Å²) in [5, 5.41) is 10.6. The molecule has 0 fully saturated rings. The van der Waals surface area contributed by atoms with Gasteiger partial charge in [0.15, 0.2) is 12.2 Å². The van der Waals surface area contributed by atoms with E-state index in [1.807, 2.05) is 12.2 Å². The zero-order chi connectivity index (χ0) is 73.2. The lowest BCUT2D eigenvalue weighted by molar-refractivity contribution is -0.161. The monoisotopic (exact) mass is 1450 g/mol. The van der Waals surface area contributed by atoms with Crippen molar-refractivity contribution in [3.05, 3.63) is 97.2 Å². The number of unbranched alkanes of at least 4 members (excludes halogenated alkanes) is 32. The standard InChI is InChI=1S/C81H142O17P2/c1-5-9-13-17-21-25-29-33-36-37-40-43-46-50-54-58-62-66-79(84)92-72-77(98-81(86)68-64-60-56-52-48-44-39-35-31-27-23-19-15-11-7-3)74-96-100(89,90)94-70-75(82)69-93-99(87,88)95-73-76(97-80(85)67-63-59-55-51-47-41-32-28-24-20-16-12-8-4)71-91-78(83)65-61-57-53-49-45-42-38-34-30-26-22-18-14-10-6-2/h9,13,21,23,25,27-28,32-33,35-36,39-40,43,50,54,75-77,82H,5-8,10-12,14-20,22,24,26,29-31,34,37-38,41-42,44-49,51-53,55-74H2,1-4H3,(H,87,88)(H,89,90)/b13-9-,25-21-,27-23-,32-28-,36-33-,39-35-,43-40-,54-50-. The van der Waals surface area contributed by atoms with Crippen molar-refractivity contribution in [1.29, 1.82) is 0 Å². The van der Waals surface area contributed by atoms with Gasteiger partial charge in [0.05, 0.1) is 26.4 Å². The Morgan fingerprint density at radius 1 is 0.290 bits per heavy atom. The number of phosphoric ester groups is 2. The summed E-state index contributed by atoms with van der Waals surface area (Å²) in [7, 11) is -9.97. The zero-order valence-corrected chi connectivity index (χ0v) is 64.9. The quantitative estimate of drug-likeness (QED) is 0.0169. The number of hydrogen-bond acceptors (Lipinski definition) is 15. The van der Waals surface area contributed by atoms with Gasteiger partial charge in [0.2, 0.25) is 0 Å². The second kappa shape index (κ2) is 73.3. The lowest BCUT2D eigenvalue weighted by atomic mass is 10.0. The summed E-state index contributed by atoms with van der Waals surface area (Å²) in [5.74, 6) is -2.25. The Balaban J connectivity index is 5.39. The molecule has 578 valence electrons. The number of aliphatic hydroxyl groups is 1. The Morgan fingerprint density at radius 2 is 0.530 bits per heavy atom. The van der Waals surface area contributed by atoms with Crippen molar-refractivity contribution < 1.29 is 80.2 Å². The van der Waals surface area contributed by atoms with Gasteiger partial charge < -0.3 is 33.8 Å². The number of aliphatic hydroxyl groups excluding tert-OH is 1. The van der Waals surface area contributed by atoms with Crippen molar-refractivity contribution >= 4 is 39.5 Å². The average molecular weight is 1450 g/mol. The van der Waals surface area contributed by atoms with Crippen LogP contribution in [0.25, 0.3) is 0 Å². The van der Waals surface area contributed by atoms with E-state index >= 15 is 0 Å². The molecule has 0 rings (SSSR count). The maximum atomic E-state index is 13.1. The molecule has 0 saturated carbocycles. The fourth-order valence-corrected chi connectivity index (χ4v) is 12.1. The summed E-state index contributed by atoms with van der Waals surface area (Å²) < 4.78 is 68.5. The number of phosphoric acid groups is 2. The van der Waals surface area contributed by atoms with Gasteiger partial charge in [0, 0.05) is 25.7 Å². The highest BCUT2D eigenvalue weighted by Crippen LogP contribution is 2.45. The minimum Gasteiger partial charge on any atom is -0.462 e. The number of allylic oxidation sites excluding steroid dienone is 16. The lowest BCUT2D eigenvalue weighted by Gasteiger charge is -2.21. The van der Waals surface area contributed by atoms with Gasteiger partial charge in [0.25, 0.3) is 0 Å². The van der Waals surface area contributed by atoms with E-state index in [-0.39, 0.29) is 25.7 Å². The molecule has 0 spiro atoms. The Bertz CT molecular complexity index is 2270. The maximum absolute atomic E-state index is 13.1. The number of esters is 4. The molecule has 19 heteroatoms. The van der Waals surface area contributed by atoms with Crippen LogP contribution in [0.4, 0.5) is 0 Å². The van der Waals surface area contributed by atoms with Gasteiger partial charge in [-0.25, -0.2) is 9.13 Å². The normalized spacial score (nSPS) is 14.4. The number of carbonyl (C=O) groups is 4. The fraction of sp³-hybridized carbons (Fsp3) is 0.753. The Hall–Kier alpha value is -4.02. The van der Waals surface area contributed by atoms with Crippen LogP contribution >= 0.6 is 15.6 Å². The minimum atomic E-state index is -4.99. The molecule has 5 unspecified atom stereocenters. The first kappa shape index (κ1) is 96.0. The first-order chi connectivity index (χ1) is 48.7. The predicted molar refractivity (Wildman–Crippen MR) is 409 cm³/mol. The van der Waals surface area contributed by atoms with Crippen molar-refractivity contribution in [2.45, 2.75) is 354 Å². The van der Waals surface area contributed by atoms with Crippen molar-refractivity contribution in [2.24, 2.45) is 0 Å². The molecule has 0 aromatic rings. The molecule has 17 nitrogen and oxygen atoms in total. The molecular weight excluding hydrogens is 1310 g/mol. The molecule has 0 radical (unpaired) electrons. The topological polar surface area (TPSA) is 237 Å². The molecule has 0 aliphatic heterocycles. The lowest BCUT2D eigenvalue weighted by Crippen LogP contribution is -2.30. The van der Waals surface area contributed by atoms with Crippen LogP contribution in [0.5, 0.6) is 0 Å². The van der Waals surface area contributed by atoms with E-state index in [0.29, 0.717) is 32.1 Å². The predicted octanol–water partition coefficient (Wildman–Crippen LogP) is 22.8. The van der Waals surface area contributed by atoms with Crippen LogP contribution in [0.1, 0.15) is 336 Å². The highest BCUT2D eigenvalue weighted by molar-refractivity contribution is 7.47. The summed E-state index contributed by atoms with van der Waals surface area (Å²) in [6, 6.07) is 0. The summed E-state index contributed by atoms with van der Waals surface area (Å²) in [6.45, 7) is 4.67. The smallest absolute Gasteiger partial charge is 0.462 e. The third-order valence-corrected chi connectivity index (χ3v) is 18.4. The molecule has 3 N–H and O–H groups in total. The van der Waals surface area contributed by atoms with Crippen LogP contribution in [0.2, 0.25) is 0 Å². The molecule has 0 heterocycles. The van der Waals surface area contributed by atoms with Crippen LogP contribution in [0.3, 0.4) is 0 Å². The summed E-state index contributed by atoms with van der Waals surface area (Å²) >= 11 is 0. The van der Waals surface area contributed by atoms with Crippen molar-refractivity contribution in [3.8, 4) is 0 Å². The number of ether oxygens (including phenoxy) is 4. The molecule has 0 aliphatic rings. The third kappa shape index (κ3) is 72.3. The SMILES string of the molecule is CC/C=C\C/C=C\C/C=C\C/C=C\C/C=C\CCCC(=O)OCC(COP(=O)(O)OCC(O)COP(=O)(O)OCC(COC(=O)CCCCCCCCCCCCCCCCC)OC(=O)CCCCCCC/C=C\CCCCCC)OC(=O)CCCCCCC/C=C\C/C=C\CCCCC. The molecule has 0 saturated heterocycles. The summed E-state index contributed by atoms with van der Waals surface area (Å²) in [4.78, 5) is 72.9. The van der Waals surface area contributed by atoms with Crippen LogP contribution in [0.15, 0.2) is 97.2 Å². The van der Waals surface area contributed by atoms with Gasteiger partial charge in [-0.1, -0.05) is 285 Å². The van der Waals surface area contributed by atoms with Crippen LogP contribution in [0, 0.1) is 0 Å². The first-order valence-corrected chi connectivity index (χ1v) is 42.5. The second-order valence-corrected chi connectivity index (χ2v) is 29.2. The van der Waals surface area contributed by atoms with Crippen LogP contribution in [-0.2, 0) is 65.4 Å². The van der Waals surface area contributed by atoms with E-state index in [1.54, 1.807) is 0 Å². The zero-order valence-electron chi connectivity index (χ0n) is 63.1. The molecule has 0 aliphatic carbocycles. The largest absolute Gasteiger partial charge is 0.472 e. The van der Waals surface area contributed by atoms with Gasteiger partial charge >= 0.3 is 39.5 Å². The first-order valence-electron chi connectivity index (χ1n) is 39.5. The number of rotatable bonds is 74. The Labute approximate surface area is 607 Å². The number of hydrogen-bond donors (Lipinski definition) is 3. The van der Waals surface area contributed by atoms with Crippen LogP contribution < -0.4 is 0 Å². The Kier molecular flexibility index (Phi) is 70.4. The summed E-state index contributed by atoms with van der Waals surface area (Å²) in [6.07, 6.45) is 76.8. The van der Waals surface area contributed by atoms with E-state index in [2.05, 4.69) is 113 Å². The van der Waals surface area contributed by atoms with E-state index < -0.39 is 97.5 Å². The van der Waals surface area contributed by atoms with Crippen molar-refractivity contribution in [3.63, 3.8) is 0 Å². The van der Waals surface area contributed by atoms with Gasteiger partial charge in [-0.15, -0.1) is 0 Å². The highest BCUT2D eigenvalue weighted by Gasteiger charge is 2.30. The number of carbonyl (C=O) groups excluding carboxylic acids is 4. The van der Waals surface area contributed by atoms with Gasteiger partial charge in [-0.05, 0) is 122 Å². The highest BCUT2D eigenvalue weighted by atomic mass is 31.2. The molecule has 0 bridgehead atoms. The molecule has 100 heavy (non-hydrogen) atoms. The molecule has 0 amide bonds. The average Bonchev–Trinajstić information content (AvgIpc) is 1.06. The van der Waals surface area contributed by atoms with Gasteiger partial charge in [-0.3, -0.25) is 37.3 Å². The van der Waals surface area contributed by atoms with Crippen LogP contribution in [-0.4, -0.2) is 96.7 Å². The molecule has 0 aromatic heterocycles. The van der Waals surface area contributed by atoms with E-state index in [9.17, 15) is 43.2 Å². The maximum Gasteiger partial charge on any atom is 0.472 e. The second-order valence-electron chi connectivity index (χ2n) is 26.3. The molecule has 0 aromatic carbocycles. The fourth-order valence-electron chi connectivity index (χ4n) is 10.5. The molecule has 5 atom stereocenters. The van der Waals surface area contributed by atoms with Gasteiger partial charge in [-0.2, -0.15) is 0 Å². The van der Waals surface area contributed by atoms with Crippen molar-refractivity contribution in [1.82, 2.24) is 0 Å². The van der Waals surface area contributed by atoms with Crippen molar-refractivity contribution in [2.75, 3.05) is 39.6 Å². The van der Waals surface area contributed by atoms with E-state index in [4.69, 9.17) is 37.0 Å². The van der Waals surface area contributed by atoms with Gasteiger partial charge in [0.1, 0.15) is 19.3 Å².